The van der Waals surface area contributed by atoms with Crippen molar-refractivity contribution in [1.82, 2.24) is 19.8 Å². The lowest BCUT2D eigenvalue weighted by Crippen LogP contribution is -2.44. The van der Waals surface area contributed by atoms with E-state index in [1.165, 1.54) is 18.4 Å². The zero-order valence-electron chi connectivity index (χ0n) is 16.0. The van der Waals surface area contributed by atoms with E-state index in [1.54, 1.807) is 0 Å². The van der Waals surface area contributed by atoms with Crippen LogP contribution in [0.4, 0.5) is 0 Å². The van der Waals surface area contributed by atoms with Crippen molar-refractivity contribution >= 4 is 5.91 Å². The quantitative estimate of drug-likeness (QED) is 0.853. The van der Waals surface area contributed by atoms with Crippen LogP contribution in [0.3, 0.4) is 0 Å². The maximum Gasteiger partial charge on any atom is 0.234 e. The summed E-state index contributed by atoms with van der Waals surface area (Å²) >= 11 is 0. The van der Waals surface area contributed by atoms with Crippen LogP contribution in [0.1, 0.15) is 38.5 Å². The second-order valence-electron chi connectivity index (χ2n) is 8.04. The van der Waals surface area contributed by atoms with E-state index < -0.39 is 0 Å². The molecule has 1 N–H and O–H groups in total. The van der Waals surface area contributed by atoms with Crippen molar-refractivity contribution in [1.29, 1.82) is 0 Å². The van der Waals surface area contributed by atoms with E-state index in [-0.39, 0.29) is 5.91 Å². The average Bonchev–Trinajstić information content (AvgIpc) is 3.36. The van der Waals surface area contributed by atoms with Gasteiger partial charge in [-0.05, 0) is 44.7 Å². The summed E-state index contributed by atoms with van der Waals surface area (Å²) in [5.41, 5.74) is 1.17. The van der Waals surface area contributed by atoms with E-state index in [4.69, 9.17) is 0 Å². The van der Waals surface area contributed by atoms with Crippen molar-refractivity contribution in [2.45, 2.75) is 51.1 Å². The first-order chi connectivity index (χ1) is 13.3. The maximum atomic E-state index is 12.2. The number of carbonyl (C=O) groups excluding carboxylic acids is 1. The molecule has 2 aromatic rings. The summed E-state index contributed by atoms with van der Waals surface area (Å²) in [6.07, 6.45) is 11.1. The molecule has 27 heavy (non-hydrogen) atoms. The fourth-order valence-electron chi connectivity index (χ4n) is 4.46. The van der Waals surface area contributed by atoms with Crippen LogP contribution in [0.15, 0.2) is 42.7 Å². The van der Waals surface area contributed by atoms with Gasteiger partial charge in [0.1, 0.15) is 5.82 Å². The number of hydrogen-bond acceptors (Lipinski definition) is 3. The van der Waals surface area contributed by atoms with E-state index >= 15 is 0 Å². The number of hydrogen-bond donors (Lipinski definition) is 1. The SMILES string of the molecule is O=C(CN1CCC(Cn2ccnc2-c2ccccc2)CC1)NC1CCCC1. The molecule has 1 amide bonds. The second-order valence-corrected chi connectivity index (χ2v) is 8.04. The summed E-state index contributed by atoms with van der Waals surface area (Å²) in [6, 6.07) is 10.8. The molecule has 144 valence electrons. The van der Waals surface area contributed by atoms with Gasteiger partial charge >= 0.3 is 0 Å². The lowest BCUT2D eigenvalue weighted by Gasteiger charge is -2.32. The van der Waals surface area contributed by atoms with Crippen molar-refractivity contribution in [3.05, 3.63) is 42.7 Å². The molecule has 2 heterocycles. The summed E-state index contributed by atoms with van der Waals surface area (Å²) in [4.78, 5) is 19.1. The normalized spacial score (nSPS) is 19.4. The minimum absolute atomic E-state index is 0.210. The van der Waals surface area contributed by atoms with Gasteiger partial charge in [-0.2, -0.15) is 0 Å². The Bertz CT molecular complexity index is 728. The first-order valence-electron chi connectivity index (χ1n) is 10.4. The molecule has 1 saturated heterocycles. The minimum atomic E-state index is 0.210. The highest BCUT2D eigenvalue weighted by Crippen LogP contribution is 2.23. The van der Waals surface area contributed by atoms with Gasteiger partial charge in [0.15, 0.2) is 0 Å². The third kappa shape index (κ3) is 4.78. The molecule has 0 unspecified atom stereocenters. The lowest BCUT2D eigenvalue weighted by molar-refractivity contribution is -0.123. The largest absolute Gasteiger partial charge is 0.352 e. The standard InChI is InChI=1S/C22H30N4O/c27-21(24-20-8-4-5-9-20)17-25-13-10-18(11-14-25)16-26-15-12-23-22(26)19-6-2-1-3-7-19/h1-3,6-7,12,15,18,20H,4-5,8-11,13-14,16-17H2,(H,24,27). The number of rotatable bonds is 6. The number of nitrogens with zero attached hydrogens (tertiary/aromatic N) is 3. The number of aromatic nitrogens is 2. The second kappa shape index (κ2) is 8.70. The van der Waals surface area contributed by atoms with E-state index in [9.17, 15) is 4.79 Å². The number of imidazole rings is 1. The Morgan fingerprint density at radius 2 is 1.81 bits per heavy atom. The molecular formula is C22H30N4O. The lowest BCUT2D eigenvalue weighted by atomic mass is 9.96. The van der Waals surface area contributed by atoms with Crippen LogP contribution in [0, 0.1) is 5.92 Å². The number of piperidine rings is 1. The molecule has 0 spiro atoms. The van der Waals surface area contributed by atoms with Crippen LogP contribution < -0.4 is 5.32 Å². The van der Waals surface area contributed by atoms with Crippen LogP contribution >= 0.6 is 0 Å². The van der Waals surface area contributed by atoms with Crippen molar-refractivity contribution in [3.8, 4) is 11.4 Å². The van der Waals surface area contributed by atoms with Gasteiger partial charge in [0.2, 0.25) is 5.91 Å². The molecule has 5 nitrogen and oxygen atoms in total. The minimum Gasteiger partial charge on any atom is -0.352 e. The Labute approximate surface area is 161 Å². The molecule has 1 aromatic carbocycles. The number of carbonyl (C=O) groups is 1. The van der Waals surface area contributed by atoms with Gasteiger partial charge in [0, 0.05) is 30.5 Å². The molecule has 1 aliphatic carbocycles. The van der Waals surface area contributed by atoms with Gasteiger partial charge in [-0.3, -0.25) is 9.69 Å². The third-order valence-electron chi connectivity index (χ3n) is 6.00. The van der Waals surface area contributed by atoms with Crippen LogP contribution in [0.5, 0.6) is 0 Å². The van der Waals surface area contributed by atoms with Crippen LogP contribution in [-0.2, 0) is 11.3 Å². The summed E-state index contributed by atoms with van der Waals surface area (Å²) < 4.78 is 2.28. The number of nitrogens with one attached hydrogen (secondary N) is 1. The van der Waals surface area contributed by atoms with E-state index in [2.05, 4.69) is 50.2 Å². The molecule has 0 atom stereocenters. The predicted octanol–water partition coefficient (Wildman–Crippen LogP) is 3.32. The highest BCUT2D eigenvalue weighted by atomic mass is 16.2. The Kier molecular flexibility index (Phi) is 5.87. The molecule has 2 fully saturated rings. The molecule has 1 aliphatic heterocycles. The zero-order valence-corrected chi connectivity index (χ0v) is 16.0. The van der Waals surface area contributed by atoms with Gasteiger partial charge in [-0.15, -0.1) is 0 Å². The molecule has 2 aliphatic rings. The Hall–Kier alpha value is -2.14. The fourth-order valence-corrected chi connectivity index (χ4v) is 4.46. The molecule has 5 heteroatoms. The van der Waals surface area contributed by atoms with Crippen LogP contribution in [-0.4, -0.2) is 46.0 Å². The third-order valence-corrected chi connectivity index (χ3v) is 6.00. The molecule has 4 rings (SSSR count). The number of benzene rings is 1. The smallest absolute Gasteiger partial charge is 0.234 e. The summed E-state index contributed by atoms with van der Waals surface area (Å²) in [7, 11) is 0. The van der Waals surface area contributed by atoms with Gasteiger partial charge in [0.25, 0.3) is 0 Å². The summed E-state index contributed by atoms with van der Waals surface area (Å²) in [5, 5.41) is 3.21. The molecule has 1 saturated carbocycles. The predicted molar refractivity (Wildman–Crippen MR) is 107 cm³/mol. The Morgan fingerprint density at radius 1 is 1.07 bits per heavy atom. The Morgan fingerprint density at radius 3 is 2.56 bits per heavy atom. The van der Waals surface area contributed by atoms with E-state index in [0.717, 1.165) is 51.1 Å². The zero-order chi connectivity index (χ0) is 18.5. The first kappa shape index (κ1) is 18.2. The molecule has 0 bridgehead atoms. The number of likely N-dealkylation sites (tertiary alicyclic amines) is 1. The summed E-state index contributed by atoms with van der Waals surface area (Å²) in [6.45, 7) is 3.59. The fraction of sp³-hybridized carbons (Fsp3) is 0.545. The highest BCUT2D eigenvalue weighted by Gasteiger charge is 2.23. The maximum absolute atomic E-state index is 12.2. The molecule has 0 radical (unpaired) electrons. The topological polar surface area (TPSA) is 50.2 Å². The van der Waals surface area contributed by atoms with E-state index in [1.807, 2.05) is 12.3 Å². The first-order valence-corrected chi connectivity index (χ1v) is 10.4. The van der Waals surface area contributed by atoms with Gasteiger partial charge in [0.05, 0.1) is 6.54 Å². The van der Waals surface area contributed by atoms with Crippen molar-refractivity contribution in [2.75, 3.05) is 19.6 Å². The highest BCUT2D eigenvalue weighted by molar-refractivity contribution is 5.78. The van der Waals surface area contributed by atoms with Gasteiger partial charge in [-0.25, -0.2) is 4.98 Å². The molecule has 1 aromatic heterocycles. The van der Waals surface area contributed by atoms with Crippen LogP contribution in [0.2, 0.25) is 0 Å². The van der Waals surface area contributed by atoms with Crippen LogP contribution in [0.25, 0.3) is 11.4 Å². The van der Waals surface area contributed by atoms with Gasteiger partial charge < -0.3 is 9.88 Å². The monoisotopic (exact) mass is 366 g/mol. The van der Waals surface area contributed by atoms with Crippen molar-refractivity contribution in [3.63, 3.8) is 0 Å². The summed E-state index contributed by atoms with van der Waals surface area (Å²) in [5.74, 6) is 1.91. The number of amides is 1. The van der Waals surface area contributed by atoms with Gasteiger partial charge in [-0.1, -0.05) is 43.2 Å². The molecular weight excluding hydrogens is 336 g/mol. The van der Waals surface area contributed by atoms with E-state index in [0.29, 0.717) is 18.5 Å². The average molecular weight is 367 g/mol. The van der Waals surface area contributed by atoms with Crippen molar-refractivity contribution in [2.24, 2.45) is 5.92 Å². The Balaban J connectivity index is 1.25. The van der Waals surface area contributed by atoms with Crippen molar-refractivity contribution < 1.29 is 4.79 Å².